The third kappa shape index (κ3) is 5.07. The number of nitrogens with zero attached hydrogens (tertiary/aromatic N) is 1. The topological polar surface area (TPSA) is 70.7 Å². The van der Waals surface area contributed by atoms with Crippen LogP contribution in [0.3, 0.4) is 0 Å². The molecule has 156 valence electrons. The number of anilines is 2. The summed E-state index contributed by atoms with van der Waals surface area (Å²) in [6.07, 6.45) is 2.86. The maximum absolute atomic E-state index is 13.1. The van der Waals surface area contributed by atoms with Crippen molar-refractivity contribution in [2.75, 3.05) is 17.7 Å². The molecule has 0 amide bonds. The van der Waals surface area contributed by atoms with Crippen LogP contribution in [0.5, 0.6) is 5.75 Å². The summed E-state index contributed by atoms with van der Waals surface area (Å²) in [5, 5.41) is 6.58. The first-order chi connectivity index (χ1) is 13.8. The van der Waals surface area contributed by atoms with Gasteiger partial charge < -0.3 is 15.4 Å². The molecule has 0 unspecified atom stereocenters. The Morgan fingerprint density at radius 3 is 1.93 bits per heavy atom. The largest absolute Gasteiger partial charge is 0.497 e. The lowest BCUT2D eigenvalue weighted by molar-refractivity contribution is 0.204. The Labute approximate surface area is 178 Å². The minimum atomic E-state index is -3.52. The molecule has 1 fully saturated rings. The van der Waals surface area contributed by atoms with E-state index in [9.17, 15) is 8.42 Å². The highest BCUT2D eigenvalue weighted by Gasteiger charge is 2.35. The van der Waals surface area contributed by atoms with Gasteiger partial charge >= 0.3 is 0 Å². The van der Waals surface area contributed by atoms with Crippen LogP contribution in [0.2, 0.25) is 0 Å². The van der Waals surface area contributed by atoms with Crippen LogP contribution in [0.4, 0.5) is 11.4 Å². The summed E-state index contributed by atoms with van der Waals surface area (Å²) >= 11 is 5.34. The molecule has 2 aromatic rings. The number of nitrogens with one attached hydrogen (secondary N) is 2. The standard InChI is InChI=1S/C21H27N3O3S2/c1-15-5-4-6-16(2)24(15)29(25,26)20-13-9-18(10-14-20)23-21(28)22-17-7-11-19(27-3)12-8-17/h7-16H,4-6H2,1-3H3,(H2,22,23,28)/t15-,16-/m1/s1. The zero-order chi connectivity index (χ0) is 21.0. The highest BCUT2D eigenvalue weighted by Crippen LogP contribution is 2.30. The van der Waals surface area contributed by atoms with Crippen molar-refractivity contribution < 1.29 is 13.2 Å². The number of ether oxygens (including phenoxy) is 1. The number of hydrogen-bond acceptors (Lipinski definition) is 4. The van der Waals surface area contributed by atoms with E-state index in [2.05, 4.69) is 10.6 Å². The van der Waals surface area contributed by atoms with Crippen LogP contribution >= 0.6 is 12.2 Å². The van der Waals surface area contributed by atoms with Gasteiger partial charge in [0.25, 0.3) is 0 Å². The van der Waals surface area contributed by atoms with Gasteiger partial charge in [-0.2, -0.15) is 4.31 Å². The number of rotatable bonds is 5. The van der Waals surface area contributed by atoms with Crippen molar-refractivity contribution in [3.05, 3.63) is 48.5 Å². The number of benzene rings is 2. The molecule has 1 aliphatic rings. The maximum Gasteiger partial charge on any atom is 0.243 e. The highest BCUT2D eigenvalue weighted by molar-refractivity contribution is 7.89. The van der Waals surface area contributed by atoms with Gasteiger partial charge in [0.05, 0.1) is 12.0 Å². The van der Waals surface area contributed by atoms with Gasteiger partial charge in [0, 0.05) is 23.5 Å². The minimum Gasteiger partial charge on any atom is -0.497 e. The number of hydrogen-bond donors (Lipinski definition) is 2. The Bertz CT molecular complexity index is 934. The van der Waals surface area contributed by atoms with E-state index in [0.29, 0.717) is 10.0 Å². The molecule has 29 heavy (non-hydrogen) atoms. The van der Waals surface area contributed by atoms with Crippen molar-refractivity contribution in [3.63, 3.8) is 0 Å². The average molecular weight is 434 g/mol. The highest BCUT2D eigenvalue weighted by atomic mass is 32.2. The molecule has 8 heteroatoms. The lowest BCUT2D eigenvalue weighted by atomic mass is 10.0. The molecule has 1 heterocycles. The molecule has 0 aromatic heterocycles. The summed E-state index contributed by atoms with van der Waals surface area (Å²) in [6, 6.07) is 14.2. The smallest absolute Gasteiger partial charge is 0.243 e. The Morgan fingerprint density at radius 2 is 1.45 bits per heavy atom. The predicted molar refractivity (Wildman–Crippen MR) is 121 cm³/mol. The molecule has 2 N–H and O–H groups in total. The van der Waals surface area contributed by atoms with E-state index in [1.165, 1.54) is 0 Å². The van der Waals surface area contributed by atoms with E-state index in [1.54, 1.807) is 35.7 Å². The van der Waals surface area contributed by atoms with Gasteiger partial charge in [-0.25, -0.2) is 8.42 Å². The van der Waals surface area contributed by atoms with E-state index in [4.69, 9.17) is 17.0 Å². The van der Waals surface area contributed by atoms with Crippen molar-refractivity contribution in [3.8, 4) is 5.75 Å². The van der Waals surface area contributed by atoms with Crippen molar-refractivity contribution in [1.82, 2.24) is 4.31 Å². The van der Waals surface area contributed by atoms with E-state index in [1.807, 2.05) is 38.1 Å². The van der Waals surface area contributed by atoms with E-state index >= 15 is 0 Å². The van der Waals surface area contributed by atoms with Crippen molar-refractivity contribution >= 4 is 38.7 Å². The van der Waals surface area contributed by atoms with Gasteiger partial charge in [0.2, 0.25) is 10.0 Å². The molecule has 0 bridgehead atoms. The first-order valence-electron chi connectivity index (χ1n) is 9.67. The van der Waals surface area contributed by atoms with Crippen molar-refractivity contribution in [1.29, 1.82) is 0 Å². The monoisotopic (exact) mass is 433 g/mol. The molecule has 0 radical (unpaired) electrons. The second-order valence-corrected chi connectivity index (χ2v) is 9.55. The van der Waals surface area contributed by atoms with Crippen LogP contribution in [0.1, 0.15) is 33.1 Å². The molecule has 1 saturated heterocycles. The van der Waals surface area contributed by atoms with Gasteiger partial charge in [0.1, 0.15) is 5.75 Å². The van der Waals surface area contributed by atoms with Crippen LogP contribution in [0.25, 0.3) is 0 Å². The van der Waals surface area contributed by atoms with E-state index in [-0.39, 0.29) is 12.1 Å². The lowest BCUT2D eigenvalue weighted by Gasteiger charge is -2.37. The van der Waals surface area contributed by atoms with Crippen LogP contribution in [-0.4, -0.2) is 37.0 Å². The zero-order valence-electron chi connectivity index (χ0n) is 16.9. The number of thiocarbonyl (C=S) groups is 1. The molecule has 1 aliphatic heterocycles. The van der Waals surface area contributed by atoms with Crippen LogP contribution in [-0.2, 0) is 10.0 Å². The summed E-state index contributed by atoms with van der Waals surface area (Å²) in [7, 11) is -1.90. The second-order valence-electron chi connectivity index (χ2n) is 7.30. The molecule has 0 spiro atoms. The summed E-state index contributed by atoms with van der Waals surface area (Å²) in [5.41, 5.74) is 1.55. The second kappa shape index (κ2) is 9.11. The Morgan fingerprint density at radius 1 is 0.966 bits per heavy atom. The van der Waals surface area contributed by atoms with Gasteiger partial charge in [-0.1, -0.05) is 6.42 Å². The molecule has 0 aliphatic carbocycles. The van der Waals surface area contributed by atoms with Crippen LogP contribution < -0.4 is 15.4 Å². The third-order valence-electron chi connectivity index (χ3n) is 5.15. The quantitative estimate of drug-likeness (QED) is 0.679. The first-order valence-corrected chi connectivity index (χ1v) is 11.5. The van der Waals surface area contributed by atoms with E-state index < -0.39 is 10.0 Å². The molecule has 2 aromatic carbocycles. The SMILES string of the molecule is COc1ccc(NC(=S)Nc2ccc(S(=O)(=O)N3[C@H](C)CCC[C@H]3C)cc2)cc1. The van der Waals surface area contributed by atoms with Crippen molar-refractivity contribution in [2.24, 2.45) is 0 Å². The van der Waals surface area contributed by atoms with Gasteiger partial charge in [0.15, 0.2) is 5.11 Å². The summed E-state index contributed by atoms with van der Waals surface area (Å²) < 4.78 is 33.0. The average Bonchev–Trinajstić information content (AvgIpc) is 2.68. The van der Waals surface area contributed by atoms with Gasteiger partial charge in [-0.05, 0) is 87.4 Å². The van der Waals surface area contributed by atoms with E-state index in [0.717, 1.165) is 36.4 Å². The minimum absolute atomic E-state index is 0.0165. The Hall–Kier alpha value is -2.16. The van der Waals surface area contributed by atoms with Crippen LogP contribution in [0.15, 0.2) is 53.4 Å². The lowest BCUT2D eigenvalue weighted by Crippen LogP contribution is -2.47. The zero-order valence-corrected chi connectivity index (χ0v) is 18.5. The number of sulfonamides is 1. The molecular formula is C21H27N3O3S2. The number of piperidine rings is 1. The Balaban J connectivity index is 1.66. The summed E-state index contributed by atoms with van der Waals surface area (Å²) in [5.74, 6) is 0.767. The first kappa shape index (κ1) is 21.5. The predicted octanol–water partition coefficient (Wildman–Crippen LogP) is 4.46. The molecule has 3 rings (SSSR count). The normalized spacial score (nSPS) is 20.1. The molecule has 6 nitrogen and oxygen atoms in total. The van der Waals surface area contributed by atoms with Crippen LogP contribution in [0, 0.1) is 0 Å². The fraction of sp³-hybridized carbons (Fsp3) is 0.381. The van der Waals surface area contributed by atoms with Gasteiger partial charge in [-0.3, -0.25) is 0 Å². The fourth-order valence-corrected chi connectivity index (χ4v) is 5.79. The molecular weight excluding hydrogens is 406 g/mol. The summed E-state index contributed by atoms with van der Waals surface area (Å²) in [4.78, 5) is 0.303. The molecule has 2 atom stereocenters. The van der Waals surface area contributed by atoms with Crippen molar-refractivity contribution in [2.45, 2.75) is 50.1 Å². The third-order valence-corrected chi connectivity index (χ3v) is 7.49. The maximum atomic E-state index is 13.1. The fourth-order valence-electron chi connectivity index (χ4n) is 3.67. The van der Waals surface area contributed by atoms with Gasteiger partial charge in [-0.15, -0.1) is 0 Å². The molecule has 0 saturated carbocycles. The number of methoxy groups -OCH3 is 1. The Kier molecular flexibility index (Phi) is 6.77. The summed E-state index contributed by atoms with van der Waals surface area (Å²) in [6.45, 7) is 3.96.